The molecular weight excluding hydrogens is 226 g/mol. The number of hydrogen-bond donors (Lipinski definition) is 2. The Kier molecular flexibility index (Phi) is 4.40. The van der Waals surface area contributed by atoms with Crippen LogP contribution in [0.1, 0.15) is 57.1 Å². The average molecular weight is 251 g/mol. The molecule has 1 unspecified atom stereocenters. The normalized spacial score (nSPS) is 21.5. The van der Waals surface area contributed by atoms with E-state index in [2.05, 4.69) is 17.3 Å². The predicted molar refractivity (Wildman–Crippen MR) is 72.3 cm³/mol. The molecule has 0 radical (unpaired) electrons. The van der Waals surface area contributed by atoms with Crippen LogP contribution < -0.4 is 5.32 Å². The van der Waals surface area contributed by atoms with Crippen molar-refractivity contribution in [1.82, 2.24) is 15.1 Å². The van der Waals surface area contributed by atoms with E-state index >= 15 is 0 Å². The highest BCUT2D eigenvalue weighted by Crippen LogP contribution is 2.27. The molecule has 1 aliphatic carbocycles. The second kappa shape index (κ2) is 5.85. The lowest BCUT2D eigenvalue weighted by Gasteiger charge is -2.28. The van der Waals surface area contributed by atoms with Gasteiger partial charge >= 0.3 is 0 Å². The van der Waals surface area contributed by atoms with Crippen LogP contribution in [0.5, 0.6) is 0 Å². The molecule has 102 valence electrons. The number of aryl methyl sites for hydroxylation is 1. The zero-order valence-corrected chi connectivity index (χ0v) is 11.5. The first-order valence-corrected chi connectivity index (χ1v) is 7.03. The van der Waals surface area contributed by atoms with E-state index in [-0.39, 0.29) is 6.04 Å². The largest absolute Gasteiger partial charge is 0.389 e. The number of rotatable bonds is 4. The lowest BCUT2D eigenvalue weighted by atomic mass is 9.94. The number of nitrogens with one attached hydrogen (secondary N) is 1. The summed E-state index contributed by atoms with van der Waals surface area (Å²) in [6.45, 7) is 2.81. The van der Waals surface area contributed by atoms with Crippen molar-refractivity contribution in [3.63, 3.8) is 0 Å². The van der Waals surface area contributed by atoms with Crippen LogP contribution in [-0.4, -0.2) is 27.0 Å². The molecule has 0 amide bonds. The van der Waals surface area contributed by atoms with Crippen LogP contribution >= 0.6 is 0 Å². The second-order valence-electron chi connectivity index (χ2n) is 5.69. The fourth-order valence-corrected chi connectivity index (χ4v) is 2.69. The van der Waals surface area contributed by atoms with Crippen LogP contribution in [0.4, 0.5) is 0 Å². The van der Waals surface area contributed by atoms with Crippen LogP contribution in [0.15, 0.2) is 12.4 Å². The third-order valence-corrected chi connectivity index (χ3v) is 4.00. The monoisotopic (exact) mass is 251 g/mol. The van der Waals surface area contributed by atoms with Gasteiger partial charge in [0.1, 0.15) is 0 Å². The van der Waals surface area contributed by atoms with E-state index in [4.69, 9.17) is 0 Å². The van der Waals surface area contributed by atoms with Crippen molar-refractivity contribution in [2.45, 2.75) is 57.1 Å². The summed E-state index contributed by atoms with van der Waals surface area (Å²) in [4.78, 5) is 0. The molecular formula is C14H25N3O. The molecule has 2 N–H and O–H groups in total. The summed E-state index contributed by atoms with van der Waals surface area (Å²) in [5, 5.41) is 18.2. The van der Waals surface area contributed by atoms with E-state index in [9.17, 15) is 5.11 Å². The van der Waals surface area contributed by atoms with E-state index in [1.54, 1.807) is 0 Å². The Morgan fingerprint density at radius 2 is 2.06 bits per heavy atom. The van der Waals surface area contributed by atoms with Crippen molar-refractivity contribution in [2.24, 2.45) is 7.05 Å². The second-order valence-corrected chi connectivity index (χ2v) is 5.69. The van der Waals surface area contributed by atoms with Crippen molar-refractivity contribution >= 4 is 0 Å². The zero-order valence-electron chi connectivity index (χ0n) is 11.5. The number of aliphatic hydroxyl groups is 1. The first kappa shape index (κ1) is 13.6. The first-order valence-electron chi connectivity index (χ1n) is 7.03. The maximum atomic E-state index is 10.6. The van der Waals surface area contributed by atoms with Crippen molar-refractivity contribution < 1.29 is 5.11 Å². The highest BCUT2D eigenvalue weighted by molar-refractivity contribution is 5.09. The predicted octanol–water partition coefficient (Wildman–Crippen LogP) is 2.16. The molecule has 4 nitrogen and oxygen atoms in total. The summed E-state index contributed by atoms with van der Waals surface area (Å²) < 4.78 is 1.81. The first-order chi connectivity index (χ1) is 8.59. The molecule has 1 fully saturated rings. The number of hydrogen-bond acceptors (Lipinski definition) is 3. The van der Waals surface area contributed by atoms with Crippen LogP contribution in [-0.2, 0) is 7.05 Å². The Hall–Kier alpha value is -0.870. The molecule has 0 saturated heterocycles. The van der Waals surface area contributed by atoms with Gasteiger partial charge in [-0.25, -0.2) is 0 Å². The van der Waals surface area contributed by atoms with Gasteiger partial charge in [-0.15, -0.1) is 0 Å². The maximum absolute atomic E-state index is 10.6. The summed E-state index contributed by atoms with van der Waals surface area (Å²) in [6.07, 6.45) is 10.6. The van der Waals surface area contributed by atoms with Gasteiger partial charge in [-0.2, -0.15) is 5.10 Å². The Morgan fingerprint density at radius 3 is 2.61 bits per heavy atom. The van der Waals surface area contributed by atoms with Gasteiger partial charge in [0.25, 0.3) is 0 Å². The zero-order chi connectivity index (χ0) is 13.0. The van der Waals surface area contributed by atoms with Gasteiger partial charge < -0.3 is 10.4 Å². The lowest BCUT2D eigenvalue weighted by molar-refractivity contribution is 0.0231. The molecule has 1 aromatic rings. The van der Waals surface area contributed by atoms with Gasteiger partial charge in [-0.05, 0) is 19.8 Å². The molecule has 1 saturated carbocycles. The minimum Gasteiger partial charge on any atom is -0.389 e. The molecule has 1 atom stereocenters. The molecule has 0 spiro atoms. The van der Waals surface area contributed by atoms with Crippen molar-refractivity contribution in [3.05, 3.63) is 18.0 Å². The van der Waals surface area contributed by atoms with E-state index < -0.39 is 5.60 Å². The molecule has 1 heterocycles. The fraction of sp³-hybridized carbons (Fsp3) is 0.786. The Balaban J connectivity index is 1.86. The Bertz CT molecular complexity index is 367. The molecule has 18 heavy (non-hydrogen) atoms. The van der Waals surface area contributed by atoms with Crippen LogP contribution in [0.2, 0.25) is 0 Å². The summed E-state index contributed by atoms with van der Waals surface area (Å²) in [6, 6.07) is 0.242. The molecule has 0 aliphatic heterocycles. The van der Waals surface area contributed by atoms with Gasteiger partial charge in [0, 0.05) is 31.4 Å². The smallest absolute Gasteiger partial charge is 0.0771 e. The molecule has 2 rings (SSSR count). The minimum absolute atomic E-state index is 0.242. The number of aromatic nitrogens is 2. The quantitative estimate of drug-likeness (QED) is 0.806. The lowest BCUT2D eigenvalue weighted by Crippen LogP contribution is -2.41. The van der Waals surface area contributed by atoms with Gasteiger partial charge in [0.15, 0.2) is 0 Å². The SMILES string of the molecule is CC(NCC1(O)CCCCCC1)c1cnn(C)c1. The van der Waals surface area contributed by atoms with E-state index in [1.165, 1.54) is 18.4 Å². The highest BCUT2D eigenvalue weighted by atomic mass is 16.3. The molecule has 1 aliphatic rings. The third-order valence-electron chi connectivity index (χ3n) is 4.00. The summed E-state index contributed by atoms with van der Waals surface area (Å²) in [5.74, 6) is 0. The van der Waals surface area contributed by atoms with Crippen LogP contribution in [0.25, 0.3) is 0 Å². The van der Waals surface area contributed by atoms with Gasteiger partial charge in [-0.1, -0.05) is 25.7 Å². The fourth-order valence-electron chi connectivity index (χ4n) is 2.69. The minimum atomic E-state index is -0.507. The number of nitrogens with zero attached hydrogens (tertiary/aromatic N) is 2. The van der Waals surface area contributed by atoms with Gasteiger partial charge in [0.2, 0.25) is 0 Å². The van der Waals surface area contributed by atoms with Crippen molar-refractivity contribution in [2.75, 3.05) is 6.54 Å². The molecule has 4 heteroatoms. The van der Waals surface area contributed by atoms with E-state index in [0.29, 0.717) is 6.54 Å². The topological polar surface area (TPSA) is 50.1 Å². The highest BCUT2D eigenvalue weighted by Gasteiger charge is 2.28. The summed E-state index contributed by atoms with van der Waals surface area (Å²) >= 11 is 0. The van der Waals surface area contributed by atoms with Crippen molar-refractivity contribution in [1.29, 1.82) is 0 Å². The third kappa shape index (κ3) is 3.56. The standard InChI is InChI=1S/C14H25N3O/c1-12(13-9-16-17(2)10-13)15-11-14(18)7-5-3-4-6-8-14/h9-10,12,15,18H,3-8,11H2,1-2H3. The molecule has 0 aromatic carbocycles. The molecule has 1 aromatic heterocycles. The van der Waals surface area contributed by atoms with E-state index in [0.717, 1.165) is 25.7 Å². The van der Waals surface area contributed by atoms with Crippen LogP contribution in [0.3, 0.4) is 0 Å². The van der Waals surface area contributed by atoms with E-state index in [1.807, 2.05) is 24.1 Å². The van der Waals surface area contributed by atoms with Crippen LogP contribution in [0, 0.1) is 0 Å². The Labute approximate surface area is 109 Å². The average Bonchev–Trinajstić information content (AvgIpc) is 2.66. The van der Waals surface area contributed by atoms with Crippen molar-refractivity contribution in [3.8, 4) is 0 Å². The summed E-state index contributed by atoms with van der Waals surface area (Å²) in [5.41, 5.74) is 0.669. The molecule has 0 bridgehead atoms. The maximum Gasteiger partial charge on any atom is 0.0771 e. The van der Waals surface area contributed by atoms with Gasteiger partial charge in [-0.3, -0.25) is 4.68 Å². The van der Waals surface area contributed by atoms with Gasteiger partial charge in [0.05, 0.1) is 11.8 Å². The summed E-state index contributed by atoms with van der Waals surface area (Å²) in [7, 11) is 1.93. The Morgan fingerprint density at radius 1 is 1.39 bits per heavy atom.